The van der Waals surface area contributed by atoms with Crippen molar-refractivity contribution in [1.29, 1.82) is 0 Å². The summed E-state index contributed by atoms with van der Waals surface area (Å²) in [5.74, 6) is -0.657. The van der Waals surface area contributed by atoms with Crippen molar-refractivity contribution in [2.45, 2.75) is 0 Å². The van der Waals surface area contributed by atoms with Crippen LogP contribution in [0.5, 0.6) is 0 Å². The number of rotatable bonds is 1. The lowest BCUT2D eigenvalue weighted by atomic mass is 10.8. The van der Waals surface area contributed by atoms with Crippen LogP contribution in [0, 0.1) is 0 Å². The van der Waals surface area contributed by atoms with Gasteiger partial charge in [-0.25, -0.2) is 0 Å². The molecule has 0 saturated carbocycles. The van der Waals surface area contributed by atoms with Crippen LogP contribution in [-0.4, -0.2) is 5.11 Å². The van der Waals surface area contributed by atoms with Crippen molar-refractivity contribution in [3.8, 4) is 0 Å². The van der Waals surface area contributed by atoms with Gasteiger partial charge in [0, 0.05) is 0 Å². The van der Waals surface area contributed by atoms with Gasteiger partial charge < -0.3 is 19.6 Å². The van der Waals surface area contributed by atoms with Gasteiger partial charge in [0.05, 0.1) is 0 Å². The van der Waals surface area contributed by atoms with Crippen LogP contribution in [0.1, 0.15) is 0 Å². The molecule has 0 saturated heterocycles. The Morgan fingerprint density at radius 1 is 1.57 bits per heavy atom. The molecule has 0 amide bonds. The molecule has 4 nitrogen and oxygen atoms in total. The van der Waals surface area contributed by atoms with Crippen LogP contribution in [0.15, 0.2) is 11.8 Å². The summed E-state index contributed by atoms with van der Waals surface area (Å²) in [4.78, 5) is 0. The Morgan fingerprint density at radius 2 is 2.00 bits per heavy atom. The van der Waals surface area contributed by atoms with Crippen LogP contribution in [0.25, 0.3) is 0 Å². The Kier molecular flexibility index (Phi) is 2.65. The molecule has 0 spiro atoms. The molecule has 0 fully saturated rings. The number of hydrogen-bond donors (Lipinski definition) is 3. The minimum Gasteiger partial charge on any atom is -0.491 e. The van der Waals surface area contributed by atoms with Crippen molar-refractivity contribution >= 4 is 23.0 Å². The predicted octanol–water partition coefficient (Wildman–Crippen LogP) is -0.0450. The van der Waals surface area contributed by atoms with Crippen LogP contribution in [0.3, 0.4) is 0 Å². The summed E-state index contributed by atoms with van der Waals surface area (Å²) in [6.07, 6.45) is 0. The Bertz CT molecular complexity index is 87.7. The SMILES string of the molecule is N/C(O)=C(/N)OI. The van der Waals surface area contributed by atoms with Gasteiger partial charge in [0.15, 0.2) is 23.0 Å². The van der Waals surface area contributed by atoms with Crippen molar-refractivity contribution < 1.29 is 8.17 Å². The summed E-state index contributed by atoms with van der Waals surface area (Å²) in [5.41, 5.74) is 9.62. The maximum absolute atomic E-state index is 8.22. The number of hydrogen-bond acceptors (Lipinski definition) is 4. The van der Waals surface area contributed by atoms with E-state index in [1.54, 1.807) is 0 Å². The average molecular weight is 216 g/mol. The number of aliphatic hydroxyl groups is 1. The molecule has 0 bridgehead atoms. The van der Waals surface area contributed by atoms with Gasteiger partial charge >= 0.3 is 0 Å². The van der Waals surface area contributed by atoms with E-state index in [0.717, 1.165) is 0 Å². The Hall–Kier alpha value is -0.330. The molecule has 42 valence electrons. The monoisotopic (exact) mass is 216 g/mol. The van der Waals surface area contributed by atoms with E-state index in [1.165, 1.54) is 23.0 Å². The maximum atomic E-state index is 8.22. The van der Waals surface area contributed by atoms with E-state index < -0.39 is 5.88 Å². The summed E-state index contributed by atoms with van der Waals surface area (Å²) in [6.45, 7) is 0. The molecule has 0 aliphatic rings. The van der Waals surface area contributed by atoms with Gasteiger partial charge in [-0.15, -0.1) is 0 Å². The summed E-state index contributed by atoms with van der Waals surface area (Å²) in [5, 5.41) is 8.22. The lowest BCUT2D eigenvalue weighted by molar-refractivity contribution is 0.362. The van der Waals surface area contributed by atoms with Gasteiger partial charge in [-0.05, 0) is 0 Å². The second kappa shape index (κ2) is 2.78. The first kappa shape index (κ1) is 6.67. The van der Waals surface area contributed by atoms with E-state index in [9.17, 15) is 0 Å². The van der Waals surface area contributed by atoms with Crippen molar-refractivity contribution in [2.75, 3.05) is 0 Å². The summed E-state index contributed by atoms with van der Waals surface area (Å²) < 4.78 is 4.26. The minimum atomic E-state index is -0.491. The molecule has 0 unspecified atom stereocenters. The average Bonchev–Trinajstić information content (AvgIpc) is 1.65. The van der Waals surface area contributed by atoms with E-state index in [0.29, 0.717) is 0 Å². The second-order valence-corrected chi connectivity index (χ2v) is 1.27. The standard InChI is InChI=1S/C2H5IN2O2/c3-7-2(5)1(4)6/h6H,4-5H2/b2-1+. The smallest absolute Gasteiger partial charge is 0.256 e. The van der Waals surface area contributed by atoms with Crippen LogP contribution in [0.2, 0.25) is 0 Å². The molecule has 0 aromatic rings. The summed E-state index contributed by atoms with van der Waals surface area (Å²) >= 11 is 1.51. The van der Waals surface area contributed by atoms with Crippen molar-refractivity contribution in [2.24, 2.45) is 11.5 Å². The number of halogens is 1. The Balaban J connectivity index is 3.72. The van der Waals surface area contributed by atoms with Gasteiger partial charge in [-0.2, -0.15) is 0 Å². The van der Waals surface area contributed by atoms with E-state index in [1.807, 2.05) is 0 Å². The van der Waals surface area contributed by atoms with E-state index in [2.05, 4.69) is 3.07 Å². The fourth-order valence-electron chi connectivity index (χ4n) is 0.0395. The van der Waals surface area contributed by atoms with E-state index in [-0.39, 0.29) is 5.88 Å². The number of nitrogens with two attached hydrogens (primary N) is 2. The molecular formula is C2H5IN2O2. The lowest BCUT2D eigenvalue weighted by Gasteiger charge is -1.93. The molecule has 0 radical (unpaired) electrons. The third kappa shape index (κ3) is 2.38. The third-order valence-electron chi connectivity index (χ3n) is 0.336. The summed E-state index contributed by atoms with van der Waals surface area (Å²) in [6, 6.07) is 0. The van der Waals surface area contributed by atoms with Crippen LogP contribution < -0.4 is 11.5 Å². The maximum Gasteiger partial charge on any atom is 0.256 e. The number of aliphatic hydroxyl groups excluding tert-OH is 1. The molecule has 7 heavy (non-hydrogen) atoms. The molecule has 0 aromatic carbocycles. The summed E-state index contributed by atoms with van der Waals surface area (Å²) in [7, 11) is 0. The van der Waals surface area contributed by atoms with Crippen molar-refractivity contribution in [1.82, 2.24) is 0 Å². The van der Waals surface area contributed by atoms with Gasteiger partial charge in [0.25, 0.3) is 5.88 Å². The van der Waals surface area contributed by atoms with Gasteiger partial charge in [0.1, 0.15) is 0 Å². The first-order valence-electron chi connectivity index (χ1n) is 1.41. The first-order chi connectivity index (χ1) is 3.18. The zero-order valence-electron chi connectivity index (χ0n) is 3.39. The highest BCUT2D eigenvalue weighted by molar-refractivity contribution is 14.1. The highest BCUT2D eigenvalue weighted by atomic mass is 127. The predicted molar refractivity (Wildman–Crippen MR) is 33.1 cm³/mol. The van der Waals surface area contributed by atoms with E-state index in [4.69, 9.17) is 16.6 Å². The topological polar surface area (TPSA) is 81.5 Å². The second-order valence-electron chi connectivity index (χ2n) is 0.827. The largest absolute Gasteiger partial charge is 0.491 e. The van der Waals surface area contributed by atoms with Gasteiger partial charge in [-0.1, -0.05) is 0 Å². The molecular weight excluding hydrogens is 211 g/mol. The van der Waals surface area contributed by atoms with Crippen LogP contribution in [-0.2, 0) is 3.07 Å². The van der Waals surface area contributed by atoms with Crippen molar-refractivity contribution in [3.05, 3.63) is 11.8 Å². The molecule has 0 rings (SSSR count). The fourth-order valence-corrected chi connectivity index (χ4v) is 0.265. The highest BCUT2D eigenvalue weighted by Crippen LogP contribution is 1.94. The first-order valence-corrected chi connectivity index (χ1v) is 2.29. The van der Waals surface area contributed by atoms with E-state index >= 15 is 0 Å². The molecule has 5 N–H and O–H groups in total. The van der Waals surface area contributed by atoms with Crippen LogP contribution >= 0.6 is 23.0 Å². The molecule has 0 heterocycles. The van der Waals surface area contributed by atoms with Crippen LogP contribution in [0.4, 0.5) is 0 Å². The normalized spacial score (nSPS) is 12.7. The van der Waals surface area contributed by atoms with Crippen molar-refractivity contribution in [3.63, 3.8) is 0 Å². The zero-order valence-corrected chi connectivity index (χ0v) is 5.55. The Labute approximate surface area is 54.8 Å². The van der Waals surface area contributed by atoms with Gasteiger partial charge in [-0.3, -0.25) is 0 Å². The molecule has 0 aromatic heterocycles. The minimum absolute atomic E-state index is 0.166. The fraction of sp³-hybridized carbons (Fsp3) is 0. The Morgan fingerprint density at radius 3 is 2.00 bits per heavy atom. The third-order valence-corrected chi connectivity index (χ3v) is 0.810. The zero-order chi connectivity index (χ0) is 5.86. The highest BCUT2D eigenvalue weighted by Gasteiger charge is 1.91. The molecule has 5 heteroatoms. The molecule has 0 atom stereocenters. The molecule has 0 aliphatic carbocycles. The quantitative estimate of drug-likeness (QED) is 0.424. The molecule has 0 aliphatic heterocycles. The van der Waals surface area contributed by atoms with Gasteiger partial charge in [0.2, 0.25) is 5.88 Å². The lowest BCUT2D eigenvalue weighted by Crippen LogP contribution is -2.08.